The SMILES string of the molecule is O=c1cc2oc3cc(OC[C@@H]4OC(CO)[C@H](O)[C@H](O)C4O)c(Cl)cc3nc-2c2ccccc12. The van der Waals surface area contributed by atoms with Gasteiger partial charge in [0, 0.05) is 22.9 Å². The number of aromatic nitrogens is 1. The summed E-state index contributed by atoms with van der Waals surface area (Å²) in [7, 11) is 0. The molecule has 10 heteroatoms. The molecule has 2 aromatic carbocycles. The summed E-state index contributed by atoms with van der Waals surface area (Å²) in [6, 6.07) is 11.6. The lowest BCUT2D eigenvalue weighted by atomic mass is 9.95. The minimum Gasteiger partial charge on any atom is -0.489 e. The van der Waals surface area contributed by atoms with Gasteiger partial charge in [0.2, 0.25) is 0 Å². The molecule has 0 saturated carbocycles. The van der Waals surface area contributed by atoms with Gasteiger partial charge in [0.15, 0.2) is 16.8 Å². The van der Waals surface area contributed by atoms with Crippen LogP contribution in [0.3, 0.4) is 0 Å². The van der Waals surface area contributed by atoms with Crippen molar-refractivity contribution in [2.75, 3.05) is 13.2 Å². The Bertz CT molecular complexity index is 1360. The molecular weight excluding hydrogens is 454 g/mol. The Morgan fingerprint density at radius 3 is 2.48 bits per heavy atom. The molecule has 9 nitrogen and oxygen atoms in total. The van der Waals surface area contributed by atoms with Crippen LogP contribution in [0.5, 0.6) is 5.75 Å². The Hall–Kier alpha value is -2.79. The second-order valence-electron chi connectivity index (χ2n) is 7.91. The third-order valence-corrected chi connectivity index (χ3v) is 6.10. The molecule has 5 rings (SSSR count). The third kappa shape index (κ3) is 3.82. The van der Waals surface area contributed by atoms with E-state index in [0.29, 0.717) is 33.3 Å². The molecule has 2 aliphatic heterocycles. The van der Waals surface area contributed by atoms with E-state index in [1.807, 2.05) is 6.07 Å². The van der Waals surface area contributed by atoms with Crippen molar-refractivity contribution in [3.05, 3.63) is 57.7 Å². The third-order valence-electron chi connectivity index (χ3n) is 5.80. The van der Waals surface area contributed by atoms with Crippen LogP contribution >= 0.6 is 11.6 Å². The van der Waals surface area contributed by atoms with Crippen LogP contribution in [0.2, 0.25) is 5.02 Å². The van der Waals surface area contributed by atoms with E-state index >= 15 is 0 Å². The minimum absolute atomic E-state index is 0.184. The first kappa shape index (κ1) is 22.0. The van der Waals surface area contributed by atoms with Gasteiger partial charge in [-0.25, -0.2) is 4.98 Å². The van der Waals surface area contributed by atoms with Crippen LogP contribution in [0, 0.1) is 0 Å². The van der Waals surface area contributed by atoms with Gasteiger partial charge >= 0.3 is 0 Å². The summed E-state index contributed by atoms with van der Waals surface area (Å²) in [5, 5.41) is 40.8. The molecule has 1 fully saturated rings. The smallest absolute Gasteiger partial charge is 0.190 e. The quantitative estimate of drug-likeness (QED) is 0.255. The van der Waals surface area contributed by atoms with Gasteiger partial charge in [-0.15, -0.1) is 0 Å². The highest BCUT2D eigenvalue weighted by atomic mass is 35.5. The van der Waals surface area contributed by atoms with Gasteiger partial charge in [-0.3, -0.25) is 4.79 Å². The molecule has 0 spiro atoms. The first-order valence-corrected chi connectivity index (χ1v) is 10.6. The highest BCUT2D eigenvalue weighted by Crippen LogP contribution is 2.35. The molecular formula is C23H20ClNO8. The van der Waals surface area contributed by atoms with Crippen molar-refractivity contribution >= 4 is 33.5 Å². The van der Waals surface area contributed by atoms with Crippen molar-refractivity contribution in [1.29, 1.82) is 0 Å². The van der Waals surface area contributed by atoms with E-state index in [9.17, 15) is 25.2 Å². The fourth-order valence-corrected chi connectivity index (χ4v) is 4.24. The average Bonchev–Trinajstić information content (AvgIpc) is 2.82. The van der Waals surface area contributed by atoms with Gasteiger partial charge in [0.1, 0.15) is 54.1 Å². The molecule has 172 valence electrons. The van der Waals surface area contributed by atoms with E-state index in [-0.39, 0.29) is 22.8 Å². The second kappa shape index (κ2) is 8.53. The summed E-state index contributed by atoms with van der Waals surface area (Å²) in [5.41, 5.74) is 1.13. The summed E-state index contributed by atoms with van der Waals surface area (Å²) in [5.74, 6) is 0.516. The number of nitrogens with zero attached hydrogens (tertiary/aromatic N) is 1. The summed E-state index contributed by atoms with van der Waals surface area (Å²) in [6.45, 7) is -0.755. The molecule has 0 radical (unpaired) electrons. The number of rotatable bonds is 4. The summed E-state index contributed by atoms with van der Waals surface area (Å²) < 4.78 is 17.1. The van der Waals surface area contributed by atoms with Crippen molar-refractivity contribution in [3.8, 4) is 17.2 Å². The maximum atomic E-state index is 12.4. The van der Waals surface area contributed by atoms with Crippen LogP contribution in [0.4, 0.5) is 0 Å². The molecule has 1 saturated heterocycles. The molecule has 3 aliphatic rings. The molecule has 0 bridgehead atoms. The van der Waals surface area contributed by atoms with Crippen molar-refractivity contribution < 1.29 is 34.3 Å². The normalized spacial score (nSPS) is 25.7. The van der Waals surface area contributed by atoms with Gasteiger partial charge < -0.3 is 34.3 Å². The Morgan fingerprint density at radius 2 is 1.73 bits per heavy atom. The number of halogens is 1. The topological polar surface area (TPSA) is 142 Å². The van der Waals surface area contributed by atoms with Gasteiger partial charge in [-0.2, -0.15) is 0 Å². The van der Waals surface area contributed by atoms with Gasteiger partial charge in [-0.05, 0) is 6.07 Å². The maximum Gasteiger partial charge on any atom is 0.190 e. The van der Waals surface area contributed by atoms with E-state index in [1.165, 1.54) is 12.1 Å². The van der Waals surface area contributed by atoms with Crippen LogP contribution in [-0.2, 0) is 4.74 Å². The van der Waals surface area contributed by atoms with E-state index in [1.54, 1.807) is 24.3 Å². The van der Waals surface area contributed by atoms with Crippen LogP contribution < -0.4 is 10.2 Å². The van der Waals surface area contributed by atoms with E-state index in [0.717, 1.165) is 0 Å². The zero-order chi connectivity index (χ0) is 23.3. The molecule has 2 unspecified atom stereocenters. The van der Waals surface area contributed by atoms with Crippen LogP contribution in [-0.4, -0.2) is 69.1 Å². The predicted octanol–water partition coefficient (Wildman–Crippen LogP) is 1.32. The van der Waals surface area contributed by atoms with Gasteiger partial charge in [0.05, 0.1) is 11.6 Å². The summed E-state index contributed by atoms with van der Waals surface area (Å²) >= 11 is 6.37. The fourth-order valence-electron chi connectivity index (χ4n) is 4.03. The number of ether oxygens (including phenoxy) is 2. The Balaban J connectivity index is 1.48. The maximum absolute atomic E-state index is 12.4. The van der Waals surface area contributed by atoms with Crippen molar-refractivity contribution in [3.63, 3.8) is 0 Å². The second-order valence-corrected chi connectivity index (χ2v) is 8.32. The standard InChI is InChI=1S/C23H20ClNO8/c24-12-5-13-16(32-17-6-14(27)10-3-1-2-4-11(10)20(17)25-13)7-15(12)31-9-19-22(29)23(30)21(28)18(8-26)33-19/h1-7,18-19,21-23,26,28-30H,8-9H2/t18?,19-,21-,22?,23-/m0/s1. The highest BCUT2D eigenvalue weighted by Gasteiger charge is 2.43. The number of benzene rings is 3. The number of aliphatic hydroxyl groups is 4. The van der Waals surface area contributed by atoms with Crippen LogP contribution in [0.15, 0.2) is 51.7 Å². The first-order chi connectivity index (χ1) is 15.9. The number of hydrogen-bond acceptors (Lipinski definition) is 9. The Morgan fingerprint density at radius 1 is 1.00 bits per heavy atom. The van der Waals surface area contributed by atoms with E-state index in [4.69, 9.17) is 25.5 Å². The molecule has 2 heterocycles. The lowest BCUT2D eigenvalue weighted by molar-refractivity contribution is -0.234. The van der Waals surface area contributed by atoms with E-state index < -0.39 is 37.1 Å². The largest absolute Gasteiger partial charge is 0.489 e. The zero-order valence-electron chi connectivity index (χ0n) is 17.1. The lowest BCUT2D eigenvalue weighted by Gasteiger charge is -2.39. The fraction of sp³-hybridized carbons (Fsp3) is 0.304. The molecule has 33 heavy (non-hydrogen) atoms. The Kier molecular flexibility index (Phi) is 5.69. The molecule has 0 amide bonds. The zero-order valence-corrected chi connectivity index (χ0v) is 17.8. The number of hydrogen-bond donors (Lipinski definition) is 4. The number of aliphatic hydroxyl groups excluding tert-OH is 4. The van der Waals surface area contributed by atoms with Crippen molar-refractivity contribution in [2.24, 2.45) is 0 Å². The van der Waals surface area contributed by atoms with Gasteiger partial charge in [-0.1, -0.05) is 35.9 Å². The lowest BCUT2D eigenvalue weighted by Crippen LogP contribution is -2.59. The minimum atomic E-state index is -1.50. The van der Waals surface area contributed by atoms with Crippen molar-refractivity contribution in [2.45, 2.75) is 30.5 Å². The number of fused-ring (bicyclic) bond motifs is 4. The Labute approximate surface area is 191 Å². The summed E-state index contributed by atoms with van der Waals surface area (Å²) in [4.78, 5) is 17.1. The van der Waals surface area contributed by atoms with Crippen LogP contribution in [0.25, 0.3) is 33.3 Å². The monoisotopic (exact) mass is 473 g/mol. The summed E-state index contributed by atoms with van der Waals surface area (Å²) in [6.07, 6.45) is -6.44. The molecule has 4 N–H and O–H groups in total. The highest BCUT2D eigenvalue weighted by molar-refractivity contribution is 6.32. The molecule has 5 atom stereocenters. The first-order valence-electron chi connectivity index (χ1n) is 10.3. The van der Waals surface area contributed by atoms with Crippen molar-refractivity contribution in [1.82, 2.24) is 4.98 Å². The predicted molar refractivity (Wildman–Crippen MR) is 119 cm³/mol. The van der Waals surface area contributed by atoms with Gasteiger partial charge in [0.25, 0.3) is 0 Å². The molecule has 1 aliphatic carbocycles. The molecule has 2 aromatic rings. The average molecular weight is 474 g/mol. The molecule has 0 aromatic heterocycles. The van der Waals surface area contributed by atoms with Crippen LogP contribution in [0.1, 0.15) is 0 Å². The van der Waals surface area contributed by atoms with E-state index in [2.05, 4.69) is 4.98 Å².